The third kappa shape index (κ3) is 5.90. The molecule has 0 unspecified atom stereocenters. The first-order valence-corrected chi connectivity index (χ1v) is 6.13. The lowest BCUT2D eigenvalue weighted by molar-refractivity contribution is -0.120. The van der Waals surface area contributed by atoms with E-state index in [0.29, 0.717) is 12.3 Å². The van der Waals surface area contributed by atoms with E-state index >= 15 is 0 Å². The Labute approximate surface area is 93.2 Å². The Morgan fingerprint density at radius 3 is 2.60 bits per heavy atom. The standard InChI is InChI=1S/C12H24N2O/c1-11(2)4-3-5-12(15)10-14-8-6-13-7-9-14/h11,13H,3-10H2,1-2H3. The van der Waals surface area contributed by atoms with Crippen molar-refractivity contribution >= 4 is 5.78 Å². The zero-order valence-electron chi connectivity index (χ0n) is 10.1. The summed E-state index contributed by atoms with van der Waals surface area (Å²) in [5.74, 6) is 1.13. The number of ketones is 1. The van der Waals surface area contributed by atoms with Gasteiger partial charge in [-0.05, 0) is 12.3 Å². The molecule has 0 spiro atoms. The number of carbonyl (C=O) groups is 1. The molecular formula is C12H24N2O. The lowest BCUT2D eigenvalue weighted by atomic mass is 10.0. The highest BCUT2D eigenvalue weighted by atomic mass is 16.1. The fraction of sp³-hybridized carbons (Fsp3) is 0.917. The summed E-state index contributed by atoms with van der Waals surface area (Å²) < 4.78 is 0. The summed E-state index contributed by atoms with van der Waals surface area (Å²) in [4.78, 5) is 13.9. The molecule has 1 saturated heterocycles. The van der Waals surface area contributed by atoms with Gasteiger partial charge in [0.1, 0.15) is 5.78 Å². The van der Waals surface area contributed by atoms with Gasteiger partial charge in [0.2, 0.25) is 0 Å². The van der Waals surface area contributed by atoms with Crippen LogP contribution in [0.15, 0.2) is 0 Å². The molecule has 0 bridgehead atoms. The van der Waals surface area contributed by atoms with Crippen LogP contribution >= 0.6 is 0 Å². The first kappa shape index (κ1) is 12.7. The van der Waals surface area contributed by atoms with Crippen molar-refractivity contribution in [3.05, 3.63) is 0 Å². The first-order valence-electron chi connectivity index (χ1n) is 6.13. The van der Waals surface area contributed by atoms with E-state index < -0.39 is 0 Å². The summed E-state index contributed by atoms with van der Waals surface area (Å²) >= 11 is 0. The fourth-order valence-corrected chi connectivity index (χ4v) is 1.91. The topological polar surface area (TPSA) is 32.3 Å². The Bertz CT molecular complexity index is 186. The Morgan fingerprint density at radius 2 is 2.00 bits per heavy atom. The second-order valence-corrected chi connectivity index (χ2v) is 4.85. The van der Waals surface area contributed by atoms with Crippen LogP contribution in [0.3, 0.4) is 0 Å². The van der Waals surface area contributed by atoms with Gasteiger partial charge in [-0.1, -0.05) is 20.3 Å². The molecule has 0 atom stereocenters. The van der Waals surface area contributed by atoms with Gasteiger partial charge in [-0.15, -0.1) is 0 Å². The number of nitrogens with zero attached hydrogens (tertiary/aromatic N) is 1. The van der Waals surface area contributed by atoms with Gasteiger partial charge in [0.25, 0.3) is 0 Å². The van der Waals surface area contributed by atoms with Gasteiger partial charge in [-0.3, -0.25) is 9.69 Å². The van der Waals surface area contributed by atoms with Gasteiger partial charge in [0, 0.05) is 32.6 Å². The predicted octanol–water partition coefficient (Wildman–Crippen LogP) is 1.29. The summed E-state index contributed by atoms with van der Waals surface area (Å²) in [6.07, 6.45) is 3.00. The minimum Gasteiger partial charge on any atom is -0.314 e. The van der Waals surface area contributed by atoms with Crippen LogP contribution in [-0.2, 0) is 4.79 Å². The molecule has 1 aliphatic heterocycles. The van der Waals surface area contributed by atoms with Crippen molar-refractivity contribution < 1.29 is 4.79 Å². The molecule has 0 amide bonds. The summed E-state index contributed by atoms with van der Waals surface area (Å²) in [6, 6.07) is 0. The molecule has 3 nitrogen and oxygen atoms in total. The van der Waals surface area contributed by atoms with E-state index in [-0.39, 0.29) is 0 Å². The molecule has 15 heavy (non-hydrogen) atoms. The minimum atomic E-state index is 0.414. The van der Waals surface area contributed by atoms with Crippen LogP contribution in [-0.4, -0.2) is 43.4 Å². The van der Waals surface area contributed by atoms with Crippen LogP contribution in [0.4, 0.5) is 0 Å². The number of Topliss-reactive ketones (excluding diaryl/α,β-unsaturated/α-hetero) is 1. The van der Waals surface area contributed by atoms with Gasteiger partial charge in [0.15, 0.2) is 0 Å². The van der Waals surface area contributed by atoms with Crippen molar-refractivity contribution in [2.24, 2.45) is 5.92 Å². The van der Waals surface area contributed by atoms with Gasteiger partial charge in [-0.2, -0.15) is 0 Å². The van der Waals surface area contributed by atoms with E-state index in [4.69, 9.17) is 0 Å². The van der Waals surface area contributed by atoms with Crippen LogP contribution in [0.2, 0.25) is 0 Å². The van der Waals surface area contributed by atoms with Crippen molar-refractivity contribution in [3.8, 4) is 0 Å². The second-order valence-electron chi connectivity index (χ2n) is 4.85. The van der Waals surface area contributed by atoms with Crippen molar-refractivity contribution in [1.29, 1.82) is 0 Å². The number of carbonyl (C=O) groups excluding carboxylic acids is 1. The van der Waals surface area contributed by atoms with E-state index in [0.717, 1.165) is 44.9 Å². The van der Waals surface area contributed by atoms with Crippen LogP contribution in [0.25, 0.3) is 0 Å². The first-order chi connectivity index (χ1) is 7.18. The molecule has 0 saturated carbocycles. The molecule has 1 aliphatic rings. The summed E-state index contributed by atoms with van der Waals surface area (Å²) in [6.45, 7) is 9.19. The lowest BCUT2D eigenvalue weighted by Gasteiger charge is -2.26. The molecule has 0 aromatic rings. The van der Waals surface area contributed by atoms with Gasteiger partial charge in [0.05, 0.1) is 6.54 Å². The molecule has 0 aromatic carbocycles. The zero-order chi connectivity index (χ0) is 11.1. The molecule has 1 rings (SSSR count). The maximum atomic E-state index is 11.6. The SMILES string of the molecule is CC(C)CCCC(=O)CN1CCNCC1. The van der Waals surface area contributed by atoms with E-state index in [2.05, 4.69) is 24.1 Å². The number of hydrogen-bond donors (Lipinski definition) is 1. The number of nitrogens with one attached hydrogen (secondary N) is 1. The Morgan fingerprint density at radius 1 is 1.33 bits per heavy atom. The maximum Gasteiger partial charge on any atom is 0.146 e. The third-order valence-corrected chi connectivity index (χ3v) is 2.85. The van der Waals surface area contributed by atoms with Crippen LogP contribution in [0, 0.1) is 5.92 Å². The molecule has 1 heterocycles. The maximum absolute atomic E-state index is 11.6. The van der Waals surface area contributed by atoms with Gasteiger partial charge < -0.3 is 5.32 Å². The van der Waals surface area contributed by atoms with E-state index in [1.807, 2.05) is 0 Å². The molecule has 88 valence electrons. The number of hydrogen-bond acceptors (Lipinski definition) is 3. The Hall–Kier alpha value is -0.410. The van der Waals surface area contributed by atoms with Gasteiger partial charge in [-0.25, -0.2) is 0 Å². The van der Waals surface area contributed by atoms with Crippen LogP contribution < -0.4 is 5.32 Å². The lowest BCUT2D eigenvalue weighted by Crippen LogP contribution is -2.45. The second kappa shape index (κ2) is 6.96. The summed E-state index contributed by atoms with van der Waals surface area (Å²) in [5.41, 5.74) is 0. The Balaban J connectivity index is 2.06. The van der Waals surface area contributed by atoms with E-state index in [9.17, 15) is 4.79 Å². The average Bonchev–Trinajstić information content (AvgIpc) is 2.18. The molecule has 1 fully saturated rings. The largest absolute Gasteiger partial charge is 0.314 e. The van der Waals surface area contributed by atoms with Crippen molar-refractivity contribution in [1.82, 2.24) is 10.2 Å². The van der Waals surface area contributed by atoms with Crippen molar-refractivity contribution in [2.45, 2.75) is 33.1 Å². The highest BCUT2D eigenvalue weighted by molar-refractivity contribution is 5.80. The highest BCUT2D eigenvalue weighted by Gasteiger charge is 2.12. The minimum absolute atomic E-state index is 0.414. The fourth-order valence-electron chi connectivity index (χ4n) is 1.91. The highest BCUT2D eigenvalue weighted by Crippen LogP contribution is 2.07. The zero-order valence-corrected chi connectivity index (χ0v) is 10.1. The molecule has 0 aliphatic carbocycles. The summed E-state index contributed by atoms with van der Waals surface area (Å²) in [5, 5.41) is 3.29. The smallest absolute Gasteiger partial charge is 0.146 e. The Kier molecular flexibility index (Phi) is 5.88. The van der Waals surface area contributed by atoms with Crippen molar-refractivity contribution in [2.75, 3.05) is 32.7 Å². The number of piperazine rings is 1. The van der Waals surface area contributed by atoms with Crippen LogP contribution in [0.1, 0.15) is 33.1 Å². The summed E-state index contributed by atoms with van der Waals surface area (Å²) in [7, 11) is 0. The molecule has 3 heteroatoms. The molecule has 1 N–H and O–H groups in total. The van der Waals surface area contributed by atoms with E-state index in [1.54, 1.807) is 0 Å². The monoisotopic (exact) mass is 212 g/mol. The third-order valence-electron chi connectivity index (χ3n) is 2.85. The molecule has 0 radical (unpaired) electrons. The quantitative estimate of drug-likeness (QED) is 0.720. The van der Waals surface area contributed by atoms with E-state index in [1.165, 1.54) is 6.42 Å². The van der Waals surface area contributed by atoms with Gasteiger partial charge >= 0.3 is 0 Å². The predicted molar refractivity (Wildman–Crippen MR) is 63.0 cm³/mol. The molecular weight excluding hydrogens is 188 g/mol. The average molecular weight is 212 g/mol. The van der Waals surface area contributed by atoms with Crippen LogP contribution in [0.5, 0.6) is 0 Å². The normalized spacial score (nSPS) is 18.3. The molecule has 0 aromatic heterocycles. The number of rotatable bonds is 6. The van der Waals surface area contributed by atoms with Crippen molar-refractivity contribution in [3.63, 3.8) is 0 Å².